The molecule has 4 aliphatic heterocycles. The fraction of sp³-hybridized carbons (Fsp3) is 0.511. The number of aromatic nitrogens is 3. The van der Waals surface area contributed by atoms with Gasteiger partial charge < -0.3 is 15.3 Å². The Morgan fingerprint density at radius 3 is 2.38 bits per heavy atom. The second kappa shape index (κ2) is 17.5. The lowest BCUT2D eigenvalue weighted by atomic mass is 9.83. The van der Waals surface area contributed by atoms with Crippen LogP contribution in [0.1, 0.15) is 115 Å². The van der Waals surface area contributed by atoms with E-state index >= 15 is 0 Å². The van der Waals surface area contributed by atoms with Crippen LogP contribution in [0.25, 0.3) is 11.0 Å². The highest BCUT2D eigenvalue weighted by atomic mass is 32.2. The predicted molar refractivity (Wildman–Crippen MR) is 228 cm³/mol. The summed E-state index contributed by atoms with van der Waals surface area (Å²) in [5.41, 5.74) is 2.97. The number of fused-ring (bicyclic) bond motifs is 2. The summed E-state index contributed by atoms with van der Waals surface area (Å²) in [6, 6.07) is 15.0. The van der Waals surface area contributed by atoms with Gasteiger partial charge in [0.25, 0.3) is 17.9 Å². The van der Waals surface area contributed by atoms with Crippen molar-refractivity contribution in [3.63, 3.8) is 0 Å². The van der Waals surface area contributed by atoms with Crippen molar-refractivity contribution in [2.24, 2.45) is 0 Å². The van der Waals surface area contributed by atoms with Crippen LogP contribution in [-0.4, -0.2) is 95.5 Å². The van der Waals surface area contributed by atoms with Gasteiger partial charge in [0.1, 0.15) is 11.7 Å². The van der Waals surface area contributed by atoms with E-state index in [9.17, 15) is 33.1 Å². The topological polar surface area (TPSA) is 153 Å². The van der Waals surface area contributed by atoms with Gasteiger partial charge in [-0.15, -0.1) is 0 Å². The molecule has 16 heteroatoms. The lowest BCUT2D eigenvalue weighted by Gasteiger charge is -2.38. The minimum absolute atomic E-state index is 0.121. The van der Waals surface area contributed by atoms with Crippen molar-refractivity contribution in [3.05, 3.63) is 98.5 Å². The minimum Gasteiger partial charge on any atom is -0.385 e. The number of hydrogen-bond donors (Lipinski definition) is 3. The average Bonchev–Trinajstić information content (AvgIpc) is 3.90. The van der Waals surface area contributed by atoms with Crippen molar-refractivity contribution in [2.75, 3.05) is 37.2 Å². The Morgan fingerprint density at radius 2 is 1.66 bits per heavy atom. The summed E-state index contributed by atoms with van der Waals surface area (Å²) in [5.74, 6) is 0.447. The van der Waals surface area contributed by atoms with Crippen LogP contribution in [0, 0.1) is 0 Å². The van der Waals surface area contributed by atoms with E-state index in [0.717, 1.165) is 94.5 Å². The molecule has 1 atom stereocenters. The fourth-order valence-corrected chi connectivity index (χ4v) is 10.8. The van der Waals surface area contributed by atoms with Gasteiger partial charge in [0.2, 0.25) is 17.8 Å². The van der Waals surface area contributed by atoms with Gasteiger partial charge in [-0.3, -0.25) is 38.3 Å². The Labute approximate surface area is 357 Å². The molecular weight excluding hydrogens is 803 g/mol. The number of benzene rings is 2. The van der Waals surface area contributed by atoms with Crippen LogP contribution in [0.3, 0.4) is 0 Å². The Morgan fingerprint density at radius 1 is 0.918 bits per heavy atom. The third-order valence-electron chi connectivity index (χ3n) is 13.4. The number of halogens is 2. The van der Waals surface area contributed by atoms with Crippen LogP contribution in [0.5, 0.6) is 0 Å². The number of nitrogens with one attached hydrogen (secondary N) is 2. The molecule has 1 aliphatic carbocycles. The van der Waals surface area contributed by atoms with Crippen molar-refractivity contribution in [1.29, 1.82) is 0 Å². The summed E-state index contributed by atoms with van der Waals surface area (Å²) in [5, 5.41) is 18.0. The molecule has 5 aliphatic rings. The number of aliphatic hydroxyl groups is 1. The third kappa shape index (κ3) is 8.82. The largest absolute Gasteiger partial charge is 0.385 e. The number of aryl methyl sites for hydroxylation is 1. The number of alkyl halides is 2. The molecule has 0 bridgehead atoms. The monoisotopic (exact) mass is 854 g/mol. The van der Waals surface area contributed by atoms with E-state index in [2.05, 4.69) is 49.1 Å². The van der Waals surface area contributed by atoms with Crippen LogP contribution < -0.4 is 16.2 Å². The highest BCUT2D eigenvalue weighted by Gasteiger charge is 2.41. The number of carbonyl (C=O) groups excluding carboxylic acids is 3. The second-order valence-electron chi connectivity index (χ2n) is 17.3. The summed E-state index contributed by atoms with van der Waals surface area (Å²) in [6.07, 6.45) is 6.67. The molecule has 322 valence electrons. The van der Waals surface area contributed by atoms with E-state index < -0.39 is 35.1 Å². The molecule has 4 aromatic rings. The van der Waals surface area contributed by atoms with Crippen LogP contribution in [0.4, 0.5) is 14.7 Å². The molecule has 0 radical (unpaired) electrons. The second-order valence-corrected chi connectivity index (χ2v) is 18.5. The van der Waals surface area contributed by atoms with E-state index in [1.54, 1.807) is 17.2 Å². The molecule has 1 saturated carbocycles. The number of amides is 3. The zero-order valence-corrected chi connectivity index (χ0v) is 35.0. The number of piperidine rings is 3. The molecular formula is C45H52F2N8O5S. The minimum atomic E-state index is -2.85. The molecule has 9 rings (SSSR count). The lowest BCUT2D eigenvalue weighted by Crippen LogP contribution is -2.52. The van der Waals surface area contributed by atoms with Gasteiger partial charge in [-0.2, -0.15) is 4.98 Å². The Balaban J connectivity index is 0.711. The normalized spacial score (nSPS) is 21.7. The smallest absolute Gasteiger partial charge is 0.269 e. The SMILES string of the molecule is O=C1CCC(N2Cc3cc(C4(O)CCN(Cc5ccc(CCSN6CCC(Nc7ncc8cc(C(F)F)c(=O)n(C9CCCC9)c8n7)CC6)cc5)CC4)ccc3C2=O)C(=O)N1. The van der Waals surface area contributed by atoms with Gasteiger partial charge in [0, 0.05) is 80.7 Å². The molecule has 4 fully saturated rings. The number of anilines is 1. The number of nitrogens with zero attached hydrogens (tertiary/aromatic N) is 6. The van der Waals surface area contributed by atoms with Crippen molar-refractivity contribution in [3.8, 4) is 0 Å². The average molecular weight is 855 g/mol. The molecule has 13 nitrogen and oxygen atoms in total. The first-order chi connectivity index (χ1) is 29.5. The van der Waals surface area contributed by atoms with Gasteiger partial charge in [0.05, 0.1) is 11.2 Å². The zero-order valence-electron chi connectivity index (χ0n) is 34.2. The summed E-state index contributed by atoms with van der Waals surface area (Å²) < 4.78 is 31.4. The number of carbonyl (C=O) groups is 3. The Kier molecular flexibility index (Phi) is 12.0. The maximum Gasteiger partial charge on any atom is 0.269 e. The molecule has 3 N–H and O–H groups in total. The van der Waals surface area contributed by atoms with Gasteiger partial charge >= 0.3 is 0 Å². The van der Waals surface area contributed by atoms with Crippen LogP contribution in [0.2, 0.25) is 0 Å². The predicted octanol–water partition coefficient (Wildman–Crippen LogP) is 5.86. The summed E-state index contributed by atoms with van der Waals surface area (Å²) >= 11 is 1.86. The molecule has 2 aromatic carbocycles. The molecule has 3 amide bonds. The molecule has 3 saturated heterocycles. The number of pyridine rings is 1. The van der Waals surface area contributed by atoms with Crippen LogP contribution in [0.15, 0.2) is 59.5 Å². The standard InChI is InChI=1S/C45H52F2N8O5S/c46-39(47)36-24-30-25-48-44(51-40(30)55(43(36)59)34-3-1-2-4-34)49-33-13-18-53(19-14-33)61-22-15-28-5-7-29(8-6-28)26-52-20-16-45(60,17-21-52)32-9-10-35-31(23-32)27-54(42(35)58)37-11-12-38(56)50-41(37)57/h5-10,23-25,33-34,37,39,60H,1-4,11-22,26-27H2,(H,48,49,51)(H,50,56,57). The fourth-order valence-electron chi connectivity index (χ4n) is 9.78. The molecule has 6 heterocycles. The summed E-state index contributed by atoms with van der Waals surface area (Å²) in [7, 11) is 0. The molecule has 2 aromatic heterocycles. The summed E-state index contributed by atoms with van der Waals surface area (Å²) in [4.78, 5) is 63.4. The van der Waals surface area contributed by atoms with Gasteiger partial charge in [-0.1, -0.05) is 61.2 Å². The van der Waals surface area contributed by atoms with E-state index in [1.165, 1.54) is 21.8 Å². The van der Waals surface area contributed by atoms with E-state index in [1.807, 2.05) is 24.1 Å². The van der Waals surface area contributed by atoms with Gasteiger partial charge in [0.15, 0.2) is 0 Å². The zero-order chi connectivity index (χ0) is 42.3. The highest BCUT2D eigenvalue weighted by molar-refractivity contribution is 7.97. The Bertz CT molecular complexity index is 2360. The number of imide groups is 1. The maximum atomic E-state index is 13.7. The first kappa shape index (κ1) is 41.6. The van der Waals surface area contributed by atoms with E-state index in [4.69, 9.17) is 4.98 Å². The molecule has 0 spiro atoms. The first-order valence-electron chi connectivity index (χ1n) is 21.7. The van der Waals surface area contributed by atoms with Crippen LogP contribution in [-0.2, 0) is 34.7 Å². The number of hydrogen-bond acceptors (Lipinski definition) is 11. The van der Waals surface area contributed by atoms with Crippen molar-refractivity contribution in [2.45, 2.75) is 114 Å². The van der Waals surface area contributed by atoms with Crippen molar-refractivity contribution < 1.29 is 28.3 Å². The maximum absolute atomic E-state index is 13.7. The molecule has 61 heavy (non-hydrogen) atoms. The number of likely N-dealkylation sites (tertiary alicyclic amines) is 1. The quantitative estimate of drug-likeness (QED) is 0.116. The third-order valence-corrected chi connectivity index (χ3v) is 14.5. The van der Waals surface area contributed by atoms with Gasteiger partial charge in [-0.05, 0) is 85.8 Å². The van der Waals surface area contributed by atoms with Crippen molar-refractivity contribution >= 4 is 46.7 Å². The summed E-state index contributed by atoms with van der Waals surface area (Å²) in [6.45, 7) is 4.40. The first-order valence-corrected chi connectivity index (χ1v) is 22.6. The van der Waals surface area contributed by atoms with Crippen molar-refractivity contribution in [1.82, 2.24) is 34.0 Å². The lowest BCUT2D eigenvalue weighted by molar-refractivity contribution is -0.136. The van der Waals surface area contributed by atoms with Gasteiger partial charge in [-0.25, -0.2) is 13.8 Å². The highest BCUT2D eigenvalue weighted by Crippen LogP contribution is 2.37. The van der Waals surface area contributed by atoms with Crippen LogP contribution >= 0.6 is 11.9 Å². The number of rotatable bonds is 12. The Hall–Kier alpha value is -4.77. The molecule has 1 unspecified atom stereocenters. The van der Waals surface area contributed by atoms with E-state index in [0.29, 0.717) is 41.8 Å². The van der Waals surface area contributed by atoms with E-state index in [-0.39, 0.29) is 36.9 Å².